The third-order valence-corrected chi connectivity index (χ3v) is 3.83. The van der Waals surface area contributed by atoms with Crippen molar-refractivity contribution in [3.05, 3.63) is 28.8 Å². The lowest BCUT2D eigenvalue weighted by Crippen LogP contribution is -2.31. The normalized spacial score (nSPS) is 17.1. The number of nitrogens with zero attached hydrogens (tertiary/aromatic N) is 2. The van der Waals surface area contributed by atoms with Crippen molar-refractivity contribution < 1.29 is 5.21 Å². The average molecular weight is 268 g/mol. The summed E-state index contributed by atoms with van der Waals surface area (Å²) in [6.45, 7) is 0. The molecule has 0 unspecified atom stereocenters. The maximum Gasteiger partial charge on any atom is 0.172 e. The first-order valence-corrected chi connectivity index (χ1v) is 6.51. The van der Waals surface area contributed by atoms with Crippen LogP contribution in [-0.2, 0) is 0 Å². The lowest BCUT2D eigenvalue weighted by Gasteiger charge is -2.28. The summed E-state index contributed by atoms with van der Waals surface area (Å²) in [5.41, 5.74) is 7.35. The molecule has 4 nitrogen and oxygen atoms in total. The Morgan fingerprint density at radius 2 is 2.11 bits per heavy atom. The van der Waals surface area contributed by atoms with E-state index in [9.17, 15) is 0 Å². The van der Waals surface area contributed by atoms with E-state index in [2.05, 4.69) is 10.1 Å². The van der Waals surface area contributed by atoms with Crippen LogP contribution in [0.5, 0.6) is 0 Å². The van der Waals surface area contributed by atoms with Gasteiger partial charge < -0.3 is 15.8 Å². The monoisotopic (exact) mass is 267 g/mol. The molecule has 98 valence electrons. The Morgan fingerprint density at radius 3 is 2.72 bits per heavy atom. The van der Waals surface area contributed by atoms with Gasteiger partial charge >= 0.3 is 0 Å². The van der Waals surface area contributed by atoms with Crippen LogP contribution in [0.15, 0.2) is 23.4 Å². The summed E-state index contributed by atoms with van der Waals surface area (Å²) in [6.07, 6.45) is 4.88. The second kappa shape index (κ2) is 5.48. The van der Waals surface area contributed by atoms with Gasteiger partial charge in [-0.2, -0.15) is 0 Å². The smallest absolute Gasteiger partial charge is 0.172 e. The molecule has 2 rings (SSSR count). The number of hydrogen-bond acceptors (Lipinski definition) is 3. The molecule has 5 heteroatoms. The molecule has 0 heterocycles. The Hall–Kier alpha value is -1.42. The number of hydrogen-bond donors (Lipinski definition) is 2. The first-order chi connectivity index (χ1) is 8.63. The second-order valence-corrected chi connectivity index (χ2v) is 5.13. The van der Waals surface area contributed by atoms with E-state index in [1.54, 1.807) is 12.1 Å². The SMILES string of the molecule is CN(c1cc(Cl)ccc1C(N)=NO)C1CCCC1. The predicted molar refractivity (Wildman–Crippen MR) is 74.6 cm³/mol. The minimum Gasteiger partial charge on any atom is -0.409 e. The average Bonchev–Trinajstić information content (AvgIpc) is 2.90. The van der Waals surface area contributed by atoms with Crippen LogP contribution in [0, 0.1) is 0 Å². The van der Waals surface area contributed by atoms with Crippen LogP contribution in [0.25, 0.3) is 0 Å². The molecule has 0 saturated heterocycles. The third kappa shape index (κ3) is 2.53. The number of amidine groups is 1. The molecule has 0 spiro atoms. The number of halogens is 1. The largest absolute Gasteiger partial charge is 0.409 e. The Bertz CT molecular complexity index is 456. The van der Waals surface area contributed by atoms with E-state index < -0.39 is 0 Å². The molecule has 0 bridgehead atoms. The van der Waals surface area contributed by atoms with Gasteiger partial charge in [0.05, 0.1) is 0 Å². The molecular weight excluding hydrogens is 250 g/mol. The predicted octanol–water partition coefficient (Wildman–Crippen LogP) is 2.81. The summed E-state index contributed by atoms with van der Waals surface area (Å²) >= 11 is 6.05. The van der Waals surface area contributed by atoms with Gasteiger partial charge in [-0.25, -0.2) is 0 Å². The zero-order valence-corrected chi connectivity index (χ0v) is 11.2. The number of nitrogens with two attached hydrogens (primary N) is 1. The molecule has 0 aromatic heterocycles. The Balaban J connectivity index is 2.37. The molecule has 0 atom stereocenters. The molecule has 1 aromatic rings. The fraction of sp³-hybridized carbons (Fsp3) is 0.462. The standard InChI is InChI=1S/C13H18ClN3O/c1-17(10-4-2-3-5-10)12-8-9(14)6-7-11(12)13(15)16-18/h6-8,10,18H,2-5H2,1H3,(H2,15,16). The van der Waals surface area contributed by atoms with Crippen molar-refractivity contribution in [2.75, 3.05) is 11.9 Å². The quantitative estimate of drug-likeness (QED) is 0.383. The van der Waals surface area contributed by atoms with Crippen molar-refractivity contribution in [1.82, 2.24) is 0 Å². The second-order valence-electron chi connectivity index (χ2n) is 4.70. The maximum atomic E-state index is 8.84. The number of rotatable bonds is 3. The van der Waals surface area contributed by atoms with Crippen LogP contribution in [0.4, 0.5) is 5.69 Å². The van der Waals surface area contributed by atoms with Gasteiger partial charge in [0.1, 0.15) is 0 Å². The third-order valence-electron chi connectivity index (χ3n) is 3.60. The Kier molecular flexibility index (Phi) is 3.97. The highest BCUT2D eigenvalue weighted by Crippen LogP contribution is 2.31. The molecule has 0 radical (unpaired) electrons. The molecular formula is C13H18ClN3O. The highest BCUT2D eigenvalue weighted by molar-refractivity contribution is 6.31. The molecule has 3 N–H and O–H groups in total. The van der Waals surface area contributed by atoms with Crippen LogP contribution < -0.4 is 10.6 Å². The topological polar surface area (TPSA) is 61.8 Å². The summed E-state index contributed by atoms with van der Waals surface area (Å²) in [5, 5.41) is 12.6. The highest BCUT2D eigenvalue weighted by Gasteiger charge is 2.22. The minimum absolute atomic E-state index is 0.117. The van der Waals surface area contributed by atoms with Gasteiger partial charge in [0.25, 0.3) is 0 Å². The van der Waals surface area contributed by atoms with Crippen molar-refractivity contribution in [1.29, 1.82) is 0 Å². The summed E-state index contributed by atoms with van der Waals surface area (Å²) in [5.74, 6) is 0.117. The molecule has 1 aliphatic carbocycles. The van der Waals surface area contributed by atoms with E-state index in [0.29, 0.717) is 11.1 Å². The first kappa shape index (κ1) is 13.0. The number of benzene rings is 1. The molecule has 1 aliphatic rings. The number of oxime groups is 1. The summed E-state index contributed by atoms with van der Waals surface area (Å²) < 4.78 is 0. The van der Waals surface area contributed by atoms with E-state index in [-0.39, 0.29) is 5.84 Å². The van der Waals surface area contributed by atoms with Crippen LogP contribution in [-0.4, -0.2) is 24.1 Å². The van der Waals surface area contributed by atoms with Crippen LogP contribution >= 0.6 is 11.6 Å². The Morgan fingerprint density at radius 1 is 1.44 bits per heavy atom. The molecule has 1 aromatic carbocycles. The van der Waals surface area contributed by atoms with Gasteiger partial charge in [-0.05, 0) is 31.0 Å². The molecule has 1 fully saturated rings. The van der Waals surface area contributed by atoms with Crippen molar-refractivity contribution in [3.8, 4) is 0 Å². The summed E-state index contributed by atoms with van der Waals surface area (Å²) in [6, 6.07) is 5.92. The fourth-order valence-electron chi connectivity index (χ4n) is 2.56. The van der Waals surface area contributed by atoms with Gasteiger partial charge in [0.2, 0.25) is 0 Å². The molecule has 0 aliphatic heterocycles. The van der Waals surface area contributed by atoms with Crippen LogP contribution in [0.2, 0.25) is 5.02 Å². The van der Waals surface area contributed by atoms with Gasteiger partial charge in [0, 0.05) is 29.4 Å². The number of anilines is 1. The highest BCUT2D eigenvalue weighted by atomic mass is 35.5. The van der Waals surface area contributed by atoms with Gasteiger partial charge in [-0.3, -0.25) is 0 Å². The molecule has 1 saturated carbocycles. The fourth-order valence-corrected chi connectivity index (χ4v) is 2.72. The van der Waals surface area contributed by atoms with E-state index >= 15 is 0 Å². The van der Waals surface area contributed by atoms with Crippen LogP contribution in [0.1, 0.15) is 31.2 Å². The van der Waals surface area contributed by atoms with E-state index in [1.807, 2.05) is 13.1 Å². The van der Waals surface area contributed by atoms with E-state index in [1.165, 1.54) is 25.7 Å². The summed E-state index contributed by atoms with van der Waals surface area (Å²) in [4.78, 5) is 2.19. The zero-order chi connectivity index (χ0) is 13.1. The van der Waals surface area contributed by atoms with Crippen molar-refractivity contribution >= 4 is 23.1 Å². The molecule has 0 amide bonds. The van der Waals surface area contributed by atoms with Gasteiger partial charge in [-0.1, -0.05) is 29.6 Å². The Labute approximate surface area is 112 Å². The molecule has 18 heavy (non-hydrogen) atoms. The maximum absolute atomic E-state index is 8.84. The van der Waals surface area contributed by atoms with E-state index in [0.717, 1.165) is 11.3 Å². The van der Waals surface area contributed by atoms with Gasteiger partial charge in [-0.15, -0.1) is 0 Å². The zero-order valence-electron chi connectivity index (χ0n) is 10.4. The van der Waals surface area contributed by atoms with Gasteiger partial charge in [0.15, 0.2) is 5.84 Å². The first-order valence-electron chi connectivity index (χ1n) is 6.13. The van der Waals surface area contributed by atoms with E-state index in [4.69, 9.17) is 22.5 Å². The lowest BCUT2D eigenvalue weighted by molar-refractivity contribution is 0.318. The van der Waals surface area contributed by atoms with Crippen molar-refractivity contribution in [2.24, 2.45) is 10.9 Å². The van der Waals surface area contributed by atoms with Crippen LogP contribution in [0.3, 0.4) is 0 Å². The van der Waals surface area contributed by atoms with Crippen molar-refractivity contribution in [3.63, 3.8) is 0 Å². The summed E-state index contributed by atoms with van der Waals surface area (Å²) in [7, 11) is 2.04. The lowest BCUT2D eigenvalue weighted by atomic mass is 10.1. The van der Waals surface area contributed by atoms with Crippen molar-refractivity contribution in [2.45, 2.75) is 31.7 Å². The minimum atomic E-state index is 0.117.